The van der Waals surface area contributed by atoms with Gasteiger partial charge >= 0.3 is 6.09 Å². The van der Waals surface area contributed by atoms with Crippen LogP contribution in [0.15, 0.2) is 36.0 Å². The minimum atomic E-state index is -0.578. The molecule has 0 radical (unpaired) electrons. The number of para-hydroxylation sites is 1. The Morgan fingerprint density at radius 3 is 2.57 bits per heavy atom. The molecule has 5 heteroatoms. The number of carbonyl (C=O) groups is 2. The van der Waals surface area contributed by atoms with Crippen molar-refractivity contribution in [1.82, 2.24) is 5.32 Å². The van der Waals surface area contributed by atoms with Crippen LogP contribution in [0, 0.1) is 0 Å². The molecule has 0 fully saturated rings. The summed E-state index contributed by atoms with van der Waals surface area (Å²) in [6.45, 7) is 5.39. The molecule has 5 nitrogen and oxygen atoms in total. The van der Waals surface area contributed by atoms with Gasteiger partial charge in [-0.2, -0.15) is 0 Å². The van der Waals surface area contributed by atoms with E-state index in [2.05, 4.69) is 5.32 Å². The van der Waals surface area contributed by atoms with Crippen LogP contribution < -0.4 is 10.1 Å². The topological polar surface area (TPSA) is 64.6 Å². The van der Waals surface area contributed by atoms with Gasteiger partial charge in [0, 0.05) is 24.1 Å². The summed E-state index contributed by atoms with van der Waals surface area (Å²) in [7, 11) is 1.61. The third-order valence-corrected chi connectivity index (χ3v) is 3.49. The molecule has 23 heavy (non-hydrogen) atoms. The summed E-state index contributed by atoms with van der Waals surface area (Å²) in [5, 5.41) is 2.68. The van der Waals surface area contributed by atoms with E-state index in [1.807, 2.05) is 24.3 Å². The third-order valence-electron chi connectivity index (χ3n) is 3.49. The van der Waals surface area contributed by atoms with Crippen LogP contribution in [0.4, 0.5) is 4.79 Å². The summed E-state index contributed by atoms with van der Waals surface area (Å²) < 4.78 is 10.6. The lowest BCUT2D eigenvalue weighted by molar-refractivity contribution is -0.115. The van der Waals surface area contributed by atoms with Crippen molar-refractivity contribution in [3.63, 3.8) is 0 Å². The molecule has 1 aromatic rings. The van der Waals surface area contributed by atoms with Crippen LogP contribution in [0.2, 0.25) is 0 Å². The molecule has 0 bridgehead atoms. The van der Waals surface area contributed by atoms with Gasteiger partial charge < -0.3 is 9.47 Å². The molecule has 124 valence electrons. The molecule has 1 aliphatic rings. The molecule has 0 aliphatic heterocycles. The molecule has 0 aromatic heterocycles. The number of alkyl carbamates (subject to hydrolysis) is 1. The highest BCUT2D eigenvalue weighted by molar-refractivity contribution is 5.92. The fraction of sp³-hybridized carbons (Fsp3) is 0.444. The minimum absolute atomic E-state index is 0.0155. The predicted octanol–water partition coefficient (Wildman–Crippen LogP) is 3.55. The predicted molar refractivity (Wildman–Crippen MR) is 87.4 cm³/mol. The molecule has 0 spiro atoms. The fourth-order valence-electron chi connectivity index (χ4n) is 2.64. The average molecular weight is 317 g/mol. The van der Waals surface area contributed by atoms with Gasteiger partial charge in [-0.3, -0.25) is 10.1 Å². The third kappa shape index (κ3) is 4.84. The van der Waals surface area contributed by atoms with Crippen molar-refractivity contribution >= 4 is 11.9 Å². The number of hydrogen-bond acceptors (Lipinski definition) is 4. The van der Waals surface area contributed by atoms with E-state index < -0.39 is 11.7 Å². The van der Waals surface area contributed by atoms with Crippen LogP contribution in [0.3, 0.4) is 0 Å². The molecule has 1 aromatic carbocycles. The van der Waals surface area contributed by atoms with E-state index >= 15 is 0 Å². The molecule has 1 aliphatic carbocycles. The number of ether oxygens (including phenoxy) is 2. The van der Waals surface area contributed by atoms with Crippen molar-refractivity contribution in [2.24, 2.45) is 0 Å². The SMILES string of the molecule is COc1ccccc1C1CC(=O)C=C(NC(=O)OC(C)(C)C)C1. The normalized spacial score (nSPS) is 18.2. The lowest BCUT2D eigenvalue weighted by Gasteiger charge is -2.25. The van der Waals surface area contributed by atoms with Gasteiger partial charge in [0.25, 0.3) is 0 Å². The number of amides is 1. The average Bonchev–Trinajstić information content (AvgIpc) is 2.44. The number of hydrogen-bond donors (Lipinski definition) is 1. The Balaban J connectivity index is 2.12. The lowest BCUT2D eigenvalue weighted by atomic mass is 9.85. The highest BCUT2D eigenvalue weighted by atomic mass is 16.6. The van der Waals surface area contributed by atoms with Gasteiger partial charge in [-0.05, 0) is 38.8 Å². The first kappa shape index (κ1) is 17.1. The Labute approximate surface area is 136 Å². The van der Waals surface area contributed by atoms with Crippen molar-refractivity contribution in [3.05, 3.63) is 41.6 Å². The maximum atomic E-state index is 12.0. The summed E-state index contributed by atoms with van der Waals surface area (Å²) in [6.07, 6.45) is 1.90. The second-order valence-corrected chi connectivity index (χ2v) is 6.61. The Kier molecular flexibility index (Phi) is 5.08. The monoisotopic (exact) mass is 317 g/mol. The van der Waals surface area contributed by atoms with Crippen LogP contribution in [0.1, 0.15) is 45.1 Å². The summed E-state index contributed by atoms with van der Waals surface area (Å²) in [6, 6.07) is 7.64. The summed E-state index contributed by atoms with van der Waals surface area (Å²) in [5.41, 5.74) is 0.970. The molecule has 1 N–H and O–H groups in total. The van der Waals surface area contributed by atoms with Crippen molar-refractivity contribution in [3.8, 4) is 5.75 Å². The summed E-state index contributed by atoms with van der Waals surface area (Å²) in [4.78, 5) is 23.9. The van der Waals surface area contributed by atoms with Crippen molar-refractivity contribution in [2.75, 3.05) is 7.11 Å². The van der Waals surface area contributed by atoms with E-state index in [1.165, 1.54) is 6.08 Å². The Bertz CT molecular complexity index is 628. The van der Waals surface area contributed by atoms with Gasteiger partial charge in [0.15, 0.2) is 5.78 Å². The maximum absolute atomic E-state index is 12.0. The molecule has 0 heterocycles. The zero-order valence-electron chi connectivity index (χ0n) is 14.0. The first-order valence-electron chi connectivity index (χ1n) is 7.65. The quantitative estimate of drug-likeness (QED) is 0.926. The van der Waals surface area contributed by atoms with Crippen molar-refractivity contribution in [1.29, 1.82) is 0 Å². The fourth-order valence-corrected chi connectivity index (χ4v) is 2.64. The van der Waals surface area contributed by atoms with E-state index in [-0.39, 0.29) is 11.7 Å². The van der Waals surface area contributed by atoms with E-state index in [1.54, 1.807) is 27.9 Å². The summed E-state index contributed by atoms with van der Waals surface area (Å²) in [5.74, 6) is 0.718. The Morgan fingerprint density at radius 2 is 1.91 bits per heavy atom. The van der Waals surface area contributed by atoms with Gasteiger partial charge in [0.1, 0.15) is 11.4 Å². The lowest BCUT2D eigenvalue weighted by Crippen LogP contribution is -2.33. The highest BCUT2D eigenvalue weighted by Crippen LogP contribution is 2.35. The second-order valence-electron chi connectivity index (χ2n) is 6.61. The first-order chi connectivity index (χ1) is 10.8. The number of methoxy groups -OCH3 is 1. The number of nitrogens with one attached hydrogen (secondary N) is 1. The van der Waals surface area contributed by atoms with Gasteiger partial charge in [-0.25, -0.2) is 4.79 Å². The molecular formula is C18H23NO4. The molecule has 2 rings (SSSR count). The van der Waals surface area contributed by atoms with Crippen molar-refractivity contribution < 1.29 is 19.1 Å². The number of allylic oxidation sites excluding steroid dienone is 2. The van der Waals surface area contributed by atoms with Crippen LogP contribution in [-0.4, -0.2) is 24.6 Å². The molecule has 1 amide bonds. The molecular weight excluding hydrogens is 294 g/mol. The smallest absolute Gasteiger partial charge is 0.411 e. The van der Waals surface area contributed by atoms with E-state index in [9.17, 15) is 9.59 Å². The zero-order valence-corrected chi connectivity index (χ0v) is 14.0. The molecule has 1 unspecified atom stereocenters. The summed E-state index contributed by atoms with van der Waals surface area (Å²) >= 11 is 0. The maximum Gasteiger partial charge on any atom is 0.411 e. The number of ketones is 1. The van der Waals surface area contributed by atoms with Crippen LogP contribution in [0.5, 0.6) is 5.75 Å². The zero-order chi connectivity index (χ0) is 17.0. The number of carbonyl (C=O) groups excluding carboxylic acids is 2. The molecule has 1 atom stereocenters. The first-order valence-corrected chi connectivity index (χ1v) is 7.65. The Hall–Kier alpha value is -2.30. The highest BCUT2D eigenvalue weighted by Gasteiger charge is 2.26. The van der Waals surface area contributed by atoms with Gasteiger partial charge in [0.05, 0.1) is 7.11 Å². The van der Waals surface area contributed by atoms with Crippen LogP contribution in [-0.2, 0) is 9.53 Å². The molecule has 0 saturated heterocycles. The minimum Gasteiger partial charge on any atom is -0.496 e. The van der Waals surface area contributed by atoms with E-state index in [4.69, 9.17) is 9.47 Å². The van der Waals surface area contributed by atoms with Crippen molar-refractivity contribution in [2.45, 2.75) is 45.1 Å². The largest absolute Gasteiger partial charge is 0.496 e. The van der Waals surface area contributed by atoms with Gasteiger partial charge in [-0.1, -0.05) is 18.2 Å². The number of rotatable bonds is 3. The second kappa shape index (κ2) is 6.86. The number of benzene rings is 1. The van der Waals surface area contributed by atoms with E-state index in [0.29, 0.717) is 18.5 Å². The van der Waals surface area contributed by atoms with Gasteiger partial charge in [0.2, 0.25) is 0 Å². The van der Waals surface area contributed by atoms with Crippen LogP contribution >= 0.6 is 0 Å². The molecule has 0 saturated carbocycles. The van der Waals surface area contributed by atoms with Crippen LogP contribution in [0.25, 0.3) is 0 Å². The van der Waals surface area contributed by atoms with Gasteiger partial charge in [-0.15, -0.1) is 0 Å². The standard InChI is InChI=1S/C18H23NO4/c1-18(2,3)23-17(21)19-13-9-12(10-14(20)11-13)15-7-5-6-8-16(15)22-4/h5-8,11-12H,9-10H2,1-4H3,(H,19,21). The van der Waals surface area contributed by atoms with E-state index in [0.717, 1.165) is 11.3 Å². The Morgan fingerprint density at radius 1 is 1.22 bits per heavy atom.